The number of ether oxygens (including phenoxy) is 1. The molecule has 5 heteroatoms. The number of nitrogens with two attached hydrogens (primary N) is 1. The van der Waals surface area contributed by atoms with Gasteiger partial charge in [-0.25, -0.2) is 9.78 Å². The van der Waals surface area contributed by atoms with Crippen molar-refractivity contribution in [3.8, 4) is 0 Å². The largest absolute Gasteiger partial charge is 0.464 e. The second-order valence-corrected chi connectivity index (χ2v) is 4.00. The second kappa shape index (κ2) is 5.39. The second-order valence-electron chi connectivity index (χ2n) is 4.00. The third kappa shape index (κ3) is 2.65. The molecule has 1 aromatic heterocycles. The highest BCUT2D eigenvalue weighted by molar-refractivity contribution is 5.89. The van der Waals surface area contributed by atoms with Gasteiger partial charge in [0.25, 0.3) is 0 Å². The number of rotatable bonds is 3. The van der Waals surface area contributed by atoms with Crippen molar-refractivity contribution in [3.05, 3.63) is 48.2 Å². The number of methoxy groups -OCH3 is 1. The minimum atomic E-state index is -0.484. The van der Waals surface area contributed by atoms with Gasteiger partial charge in [-0.2, -0.15) is 0 Å². The smallest absolute Gasteiger partial charge is 0.356 e. The van der Waals surface area contributed by atoms with Crippen LogP contribution >= 0.6 is 0 Å². The average Bonchev–Trinajstić information content (AvgIpc) is 2.47. The Bertz CT molecular complexity index is 584. The Kier molecular flexibility index (Phi) is 3.66. The van der Waals surface area contributed by atoms with E-state index in [9.17, 15) is 4.79 Å². The van der Waals surface area contributed by atoms with E-state index >= 15 is 0 Å². The van der Waals surface area contributed by atoms with Gasteiger partial charge in [-0.3, -0.25) is 0 Å². The van der Waals surface area contributed by atoms with Gasteiger partial charge in [0.05, 0.1) is 12.8 Å². The van der Waals surface area contributed by atoms with E-state index in [1.54, 1.807) is 12.1 Å². The molecule has 2 rings (SSSR count). The summed E-state index contributed by atoms with van der Waals surface area (Å²) in [6.07, 6.45) is 0. The topological polar surface area (TPSA) is 68.5 Å². The molecule has 0 spiro atoms. The maximum Gasteiger partial charge on any atom is 0.356 e. The Morgan fingerprint density at radius 2 is 1.89 bits per heavy atom. The zero-order chi connectivity index (χ0) is 13.8. The molecule has 0 saturated heterocycles. The first-order valence-corrected chi connectivity index (χ1v) is 5.77. The lowest BCUT2D eigenvalue weighted by Gasteiger charge is -2.20. The van der Waals surface area contributed by atoms with Crippen molar-refractivity contribution in [1.82, 2.24) is 4.98 Å². The molecule has 0 aliphatic heterocycles. The Hall–Kier alpha value is -2.56. The number of hydrogen-bond donors (Lipinski definition) is 1. The number of nitrogens with zero attached hydrogens (tertiary/aromatic N) is 2. The van der Waals surface area contributed by atoms with Gasteiger partial charge < -0.3 is 15.4 Å². The highest BCUT2D eigenvalue weighted by Gasteiger charge is 2.14. The summed E-state index contributed by atoms with van der Waals surface area (Å²) in [5.74, 6) is 0.0387. The Balaban J connectivity index is 2.41. The molecule has 2 aromatic rings. The van der Waals surface area contributed by atoms with Gasteiger partial charge in [0, 0.05) is 12.7 Å². The summed E-state index contributed by atoms with van der Waals surface area (Å²) in [7, 11) is 3.16. The number of esters is 1. The lowest BCUT2D eigenvalue weighted by Crippen LogP contribution is -2.15. The molecule has 0 fully saturated rings. The van der Waals surface area contributed by atoms with Crippen LogP contribution in [0.3, 0.4) is 0 Å². The van der Waals surface area contributed by atoms with Crippen LogP contribution < -0.4 is 10.6 Å². The lowest BCUT2D eigenvalue weighted by atomic mass is 10.2. The van der Waals surface area contributed by atoms with Gasteiger partial charge in [-0.15, -0.1) is 0 Å². The first kappa shape index (κ1) is 12.9. The molecular formula is C14H15N3O2. The summed E-state index contributed by atoms with van der Waals surface area (Å²) in [6, 6.07) is 12.8. The van der Waals surface area contributed by atoms with Gasteiger partial charge in [-0.1, -0.05) is 18.2 Å². The fourth-order valence-corrected chi connectivity index (χ4v) is 1.72. The first-order valence-electron chi connectivity index (χ1n) is 5.77. The molecule has 98 valence electrons. The fraction of sp³-hybridized carbons (Fsp3) is 0.143. The van der Waals surface area contributed by atoms with Crippen LogP contribution in [0.1, 0.15) is 10.5 Å². The van der Waals surface area contributed by atoms with Gasteiger partial charge in [0.15, 0.2) is 11.5 Å². The molecule has 0 saturated carbocycles. The van der Waals surface area contributed by atoms with Crippen molar-refractivity contribution in [3.63, 3.8) is 0 Å². The molecule has 0 amide bonds. The average molecular weight is 257 g/mol. The number of carbonyl (C=O) groups excluding carboxylic acids is 1. The summed E-state index contributed by atoms with van der Waals surface area (Å²) in [4.78, 5) is 17.6. The number of carbonyl (C=O) groups is 1. The molecular weight excluding hydrogens is 242 g/mol. The fourth-order valence-electron chi connectivity index (χ4n) is 1.72. The van der Waals surface area contributed by atoms with Crippen molar-refractivity contribution >= 4 is 23.2 Å². The zero-order valence-electron chi connectivity index (χ0n) is 10.8. The van der Waals surface area contributed by atoms with E-state index in [0.717, 1.165) is 5.69 Å². The normalized spacial score (nSPS) is 10.0. The van der Waals surface area contributed by atoms with E-state index in [0.29, 0.717) is 11.5 Å². The van der Waals surface area contributed by atoms with Crippen LogP contribution in [0.4, 0.5) is 17.2 Å². The monoisotopic (exact) mass is 257 g/mol. The van der Waals surface area contributed by atoms with Crippen LogP contribution in [0.5, 0.6) is 0 Å². The molecule has 0 atom stereocenters. The number of aromatic nitrogens is 1. The maximum absolute atomic E-state index is 11.5. The number of benzene rings is 1. The molecule has 0 unspecified atom stereocenters. The number of anilines is 3. The number of hydrogen-bond acceptors (Lipinski definition) is 5. The van der Waals surface area contributed by atoms with Gasteiger partial charge in [0.2, 0.25) is 0 Å². The van der Waals surface area contributed by atoms with E-state index in [1.807, 2.05) is 42.3 Å². The number of pyridine rings is 1. The van der Waals surface area contributed by atoms with Gasteiger partial charge in [0.1, 0.15) is 0 Å². The molecule has 0 bridgehead atoms. The number of para-hydroxylation sites is 1. The predicted octanol–water partition coefficient (Wildman–Crippen LogP) is 2.22. The van der Waals surface area contributed by atoms with E-state index in [1.165, 1.54) is 7.11 Å². The van der Waals surface area contributed by atoms with Crippen LogP contribution in [-0.4, -0.2) is 25.1 Å². The van der Waals surface area contributed by atoms with Gasteiger partial charge >= 0.3 is 5.97 Å². The quantitative estimate of drug-likeness (QED) is 0.854. The highest BCUT2D eigenvalue weighted by atomic mass is 16.5. The van der Waals surface area contributed by atoms with Crippen LogP contribution in [-0.2, 0) is 4.74 Å². The van der Waals surface area contributed by atoms with Crippen LogP contribution in [0.25, 0.3) is 0 Å². The molecule has 5 nitrogen and oxygen atoms in total. The summed E-state index contributed by atoms with van der Waals surface area (Å²) in [6.45, 7) is 0. The summed E-state index contributed by atoms with van der Waals surface area (Å²) < 4.78 is 4.66. The molecule has 0 aliphatic rings. The predicted molar refractivity (Wildman–Crippen MR) is 74.5 cm³/mol. The van der Waals surface area contributed by atoms with E-state index in [-0.39, 0.29) is 5.69 Å². The van der Waals surface area contributed by atoms with Crippen molar-refractivity contribution in [2.45, 2.75) is 0 Å². The van der Waals surface area contributed by atoms with Crippen LogP contribution in [0.15, 0.2) is 42.5 Å². The zero-order valence-corrected chi connectivity index (χ0v) is 10.8. The van der Waals surface area contributed by atoms with Crippen molar-refractivity contribution < 1.29 is 9.53 Å². The third-order valence-corrected chi connectivity index (χ3v) is 2.76. The van der Waals surface area contributed by atoms with Crippen molar-refractivity contribution in [2.75, 3.05) is 24.8 Å². The molecule has 19 heavy (non-hydrogen) atoms. The Morgan fingerprint density at radius 1 is 1.21 bits per heavy atom. The van der Waals surface area contributed by atoms with Crippen LogP contribution in [0, 0.1) is 0 Å². The third-order valence-electron chi connectivity index (χ3n) is 2.76. The minimum Gasteiger partial charge on any atom is -0.464 e. The van der Waals surface area contributed by atoms with E-state index in [4.69, 9.17) is 5.73 Å². The molecule has 1 aromatic carbocycles. The van der Waals surface area contributed by atoms with Gasteiger partial charge in [-0.05, 0) is 24.3 Å². The highest BCUT2D eigenvalue weighted by Crippen LogP contribution is 2.26. The number of nitrogen functional groups attached to an aromatic ring is 1. The summed E-state index contributed by atoms with van der Waals surface area (Å²) in [5.41, 5.74) is 7.58. The maximum atomic E-state index is 11.5. The lowest BCUT2D eigenvalue weighted by molar-refractivity contribution is 0.0594. The van der Waals surface area contributed by atoms with Crippen molar-refractivity contribution in [2.24, 2.45) is 0 Å². The standard InChI is InChI=1S/C14H15N3O2/c1-17(10-6-4-3-5-7-10)13-11(15)8-9-12(16-13)14(18)19-2/h3-9H,15H2,1-2H3. The van der Waals surface area contributed by atoms with Crippen molar-refractivity contribution in [1.29, 1.82) is 0 Å². The summed E-state index contributed by atoms with van der Waals surface area (Å²) in [5, 5.41) is 0. The molecule has 2 N–H and O–H groups in total. The Labute approximate surface area is 111 Å². The summed E-state index contributed by atoms with van der Waals surface area (Å²) >= 11 is 0. The SMILES string of the molecule is COC(=O)c1ccc(N)c(N(C)c2ccccc2)n1. The first-order chi connectivity index (χ1) is 9.13. The molecule has 0 radical (unpaired) electrons. The van der Waals surface area contributed by atoms with E-state index in [2.05, 4.69) is 9.72 Å². The minimum absolute atomic E-state index is 0.231. The Morgan fingerprint density at radius 3 is 2.53 bits per heavy atom. The van der Waals surface area contributed by atoms with Crippen LogP contribution in [0.2, 0.25) is 0 Å². The molecule has 1 heterocycles. The molecule has 0 aliphatic carbocycles. The van der Waals surface area contributed by atoms with E-state index < -0.39 is 5.97 Å².